The highest BCUT2D eigenvalue weighted by atomic mass is 32.2. The van der Waals surface area contributed by atoms with Crippen LogP contribution < -0.4 is 0 Å². The summed E-state index contributed by atoms with van der Waals surface area (Å²) in [5, 5.41) is 0.930. The second-order valence-electron chi connectivity index (χ2n) is 12.4. The second kappa shape index (κ2) is 28.0. The van der Waals surface area contributed by atoms with E-state index in [1.165, 1.54) is 103 Å². The van der Waals surface area contributed by atoms with Crippen LogP contribution in [0.15, 0.2) is 0 Å². The Hall–Kier alpha value is 0.480. The molecular formula is C35H70N2S4. The minimum Gasteiger partial charge on any atom is -0.357 e. The molecule has 0 bridgehead atoms. The van der Waals surface area contributed by atoms with Crippen molar-refractivity contribution in [2.24, 2.45) is 23.7 Å². The van der Waals surface area contributed by atoms with E-state index in [1.807, 2.05) is 23.5 Å². The minimum atomic E-state index is 0.740. The molecular weight excluding hydrogens is 577 g/mol. The average molecular weight is 647 g/mol. The Morgan fingerprint density at radius 2 is 0.707 bits per heavy atom. The van der Waals surface area contributed by atoms with Crippen molar-refractivity contribution in [3.8, 4) is 0 Å². The number of hydrogen-bond acceptors (Lipinski definition) is 4. The zero-order valence-corrected chi connectivity index (χ0v) is 32.0. The van der Waals surface area contributed by atoms with E-state index in [2.05, 4.69) is 65.2 Å². The number of nitrogens with zero attached hydrogens (tertiary/aromatic N) is 2. The summed E-state index contributed by atoms with van der Waals surface area (Å²) in [4.78, 5) is 5.18. The summed E-state index contributed by atoms with van der Waals surface area (Å²) in [5.41, 5.74) is 0. The van der Waals surface area contributed by atoms with Gasteiger partial charge in [-0.3, -0.25) is 0 Å². The van der Waals surface area contributed by atoms with Crippen LogP contribution in [0, 0.1) is 23.7 Å². The van der Waals surface area contributed by atoms with Crippen LogP contribution in [0.2, 0.25) is 0 Å². The molecule has 0 aliphatic heterocycles. The number of hydrogen-bond donors (Lipinski definition) is 0. The molecule has 0 rings (SSSR count). The van der Waals surface area contributed by atoms with Gasteiger partial charge in [0.15, 0.2) is 0 Å². The molecule has 2 nitrogen and oxygen atoms in total. The van der Waals surface area contributed by atoms with Crippen LogP contribution in [0.4, 0.5) is 0 Å². The molecule has 0 aliphatic carbocycles. The van der Waals surface area contributed by atoms with Crippen molar-refractivity contribution >= 4 is 56.6 Å². The van der Waals surface area contributed by atoms with Crippen molar-refractivity contribution in [2.45, 2.75) is 158 Å². The smallest absolute Gasteiger partial charge is 0.137 e. The Morgan fingerprint density at radius 1 is 0.463 bits per heavy atom. The lowest BCUT2D eigenvalue weighted by atomic mass is 9.96. The third-order valence-corrected chi connectivity index (χ3v) is 12.1. The van der Waals surface area contributed by atoms with Gasteiger partial charge in [-0.25, -0.2) is 0 Å². The number of thiocarbonyl (C=S) groups is 2. The summed E-state index contributed by atoms with van der Waals surface area (Å²) in [6, 6.07) is 0. The van der Waals surface area contributed by atoms with E-state index >= 15 is 0 Å². The molecule has 244 valence electrons. The van der Waals surface area contributed by atoms with E-state index in [-0.39, 0.29) is 0 Å². The van der Waals surface area contributed by atoms with Gasteiger partial charge in [-0.1, -0.05) is 180 Å². The van der Waals surface area contributed by atoms with Gasteiger partial charge in [0.25, 0.3) is 0 Å². The summed E-state index contributed by atoms with van der Waals surface area (Å²) in [6.07, 6.45) is 20.7. The largest absolute Gasteiger partial charge is 0.357 e. The first-order chi connectivity index (χ1) is 19.8. The molecule has 0 radical (unpaired) electrons. The fourth-order valence-electron chi connectivity index (χ4n) is 5.68. The molecule has 4 atom stereocenters. The molecule has 0 aromatic heterocycles. The normalized spacial score (nSPS) is 14.4. The van der Waals surface area contributed by atoms with Crippen LogP contribution >= 0.6 is 48.0 Å². The fourth-order valence-corrected chi connectivity index (χ4v) is 8.55. The Balaban J connectivity index is 5.42. The first kappa shape index (κ1) is 41.5. The number of rotatable bonds is 26. The Labute approximate surface area is 278 Å². The van der Waals surface area contributed by atoms with Crippen molar-refractivity contribution in [1.29, 1.82) is 0 Å². The molecule has 6 heteroatoms. The summed E-state index contributed by atoms with van der Waals surface area (Å²) in [6.45, 7) is 23.2. The van der Waals surface area contributed by atoms with E-state index in [1.54, 1.807) is 0 Å². The third kappa shape index (κ3) is 20.2. The first-order valence-corrected chi connectivity index (χ1v) is 20.4. The topological polar surface area (TPSA) is 6.48 Å². The Morgan fingerprint density at radius 3 is 0.902 bits per heavy atom. The van der Waals surface area contributed by atoms with E-state index in [0.717, 1.165) is 63.6 Å². The van der Waals surface area contributed by atoms with E-state index in [9.17, 15) is 0 Å². The Bertz CT molecular complexity index is 541. The maximum atomic E-state index is 6.14. The van der Waals surface area contributed by atoms with Crippen LogP contribution in [0.1, 0.15) is 158 Å². The molecule has 4 unspecified atom stereocenters. The molecule has 0 aliphatic rings. The monoisotopic (exact) mass is 646 g/mol. The lowest BCUT2D eigenvalue weighted by molar-refractivity contribution is 0.269. The van der Waals surface area contributed by atoms with Gasteiger partial charge >= 0.3 is 0 Å². The zero-order valence-electron chi connectivity index (χ0n) is 28.7. The summed E-state index contributed by atoms with van der Waals surface area (Å²) >= 11 is 16.0. The van der Waals surface area contributed by atoms with E-state index < -0.39 is 0 Å². The van der Waals surface area contributed by atoms with Gasteiger partial charge in [-0.15, -0.1) is 0 Å². The highest BCUT2D eigenvalue weighted by Gasteiger charge is 2.22. The number of thioether (sulfide) groups is 2. The zero-order chi connectivity index (χ0) is 30.9. The molecule has 0 saturated carbocycles. The highest BCUT2D eigenvalue weighted by Crippen LogP contribution is 2.27. The molecule has 0 spiro atoms. The van der Waals surface area contributed by atoms with Crippen molar-refractivity contribution in [1.82, 2.24) is 9.80 Å². The van der Waals surface area contributed by atoms with Gasteiger partial charge in [0, 0.05) is 26.2 Å². The maximum absolute atomic E-state index is 6.14. The van der Waals surface area contributed by atoms with Gasteiger partial charge in [0.05, 0.1) is 5.08 Å². The van der Waals surface area contributed by atoms with Gasteiger partial charge in [0.1, 0.15) is 8.64 Å². The lowest BCUT2D eigenvalue weighted by Gasteiger charge is -2.33. The lowest BCUT2D eigenvalue weighted by Crippen LogP contribution is -2.37. The van der Waals surface area contributed by atoms with E-state index in [0.29, 0.717) is 0 Å². The molecule has 0 aromatic rings. The SMILES string of the molecule is CCCCC(CC)CN(CC(CC)CCCC)C(=S)SCSC(=S)N(CC(CC)CCCC)CC(CC)CCCC. The maximum Gasteiger partial charge on any atom is 0.137 e. The predicted octanol–water partition coefficient (Wildman–Crippen LogP) is 12.4. The van der Waals surface area contributed by atoms with Crippen LogP contribution in [-0.4, -0.2) is 49.7 Å². The summed E-state index contributed by atoms with van der Waals surface area (Å²) in [5.74, 6) is 2.96. The van der Waals surface area contributed by atoms with Crippen LogP contribution in [0.3, 0.4) is 0 Å². The van der Waals surface area contributed by atoms with Gasteiger partial charge < -0.3 is 9.80 Å². The molecule has 0 N–H and O–H groups in total. The van der Waals surface area contributed by atoms with E-state index in [4.69, 9.17) is 24.4 Å². The fraction of sp³-hybridized carbons (Fsp3) is 0.943. The Kier molecular flexibility index (Phi) is 28.3. The van der Waals surface area contributed by atoms with Gasteiger partial charge in [-0.05, 0) is 49.4 Å². The molecule has 0 aromatic carbocycles. The molecule has 0 saturated heterocycles. The molecule has 0 fully saturated rings. The van der Waals surface area contributed by atoms with Crippen LogP contribution in [-0.2, 0) is 0 Å². The average Bonchev–Trinajstić information content (AvgIpc) is 2.99. The summed E-state index contributed by atoms with van der Waals surface area (Å²) < 4.78 is 2.20. The van der Waals surface area contributed by atoms with Crippen LogP contribution in [0.25, 0.3) is 0 Å². The molecule has 0 amide bonds. The molecule has 0 heterocycles. The summed E-state index contributed by atoms with van der Waals surface area (Å²) in [7, 11) is 0. The first-order valence-electron chi connectivity index (χ1n) is 17.7. The minimum absolute atomic E-state index is 0.740. The number of unbranched alkanes of at least 4 members (excludes halogenated alkanes) is 4. The van der Waals surface area contributed by atoms with Crippen LogP contribution in [0.5, 0.6) is 0 Å². The van der Waals surface area contributed by atoms with Crippen molar-refractivity contribution in [2.75, 3.05) is 31.3 Å². The van der Waals surface area contributed by atoms with Gasteiger partial charge in [0.2, 0.25) is 0 Å². The van der Waals surface area contributed by atoms with Crippen molar-refractivity contribution in [3.63, 3.8) is 0 Å². The highest BCUT2D eigenvalue weighted by molar-refractivity contribution is 8.35. The second-order valence-corrected chi connectivity index (χ2v) is 16.0. The predicted molar refractivity (Wildman–Crippen MR) is 202 cm³/mol. The van der Waals surface area contributed by atoms with Crippen molar-refractivity contribution < 1.29 is 0 Å². The third-order valence-electron chi connectivity index (χ3n) is 8.97. The van der Waals surface area contributed by atoms with Gasteiger partial charge in [-0.2, -0.15) is 0 Å². The quantitative estimate of drug-likeness (QED) is 0.0676. The van der Waals surface area contributed by atoms with Crippen molar-refractivity contribution in [3.05, 3.63) is 0 Å². The molecule has 41 heavy (non-hydrogen) atoms. The standard InChI is InChI=1S/C35H70N2S4/c1-9-17-21-30(13-5)25-36(26-31(14-6)22-18-10-2)34(38)40-29-41-35(39)37(27-32(15-7)23-19-11-3)28-33(16-8)24-20-12-4/h30-33H,9-29H2,1-8H3.